The van der Waals surface area contributed by atoms with Crippen LogP contribution in [0.5, 0.6) is 0 Å². The molecule has 0 aliphatic heterocycles. The summed E-state index contributed by atoms with van der Waals surface area (Å²) < 4.78 is 5.72. The molecule has 4 heteroatoms. The maximum absolute atomic E-state index is 5.13. The Morgan fingerprint density at radius 2 is 2.46 bits per heavy atom. The van der Waals surface area contributed by atoms with Gasteiger partial charge >= 0.3 is 0 Å². The van der Waals surface area contributed by atoms with Crippen LogP contribution in [-0.2, 0) is 10.5 Å². The minimum Gasteiger partial charge on any atom is -0.479 e. The molecule has 0 fully saturated rings. The smallest absolute Gasteiger partial charge is 0.220 e. The van der Waals surface area contributed by atoms with Crippen LogP contribution in [0, 0.1) is 0 Å². The zero-order valence-corrected chi connectivity index (χ0v) is 9.03. The summed E-state index contributed by atoms with van der Waals surface area (Å²) in [5.41, 5.74) is 1.02. The van der Waals surface area contributed by atoms with E-state index < -0.39 is 0 Å². The van der Waals surface area contributed by atoms with Gasteiger partial charge in [-0.25, -0.2) is 0 Å². The molecular formula is C9H11NOS2. The van der Waals surface area contributed by atoms with E-state index in [4.69, 9.17) is 17.0 Å². The second-order valence-corrected chi connectivity index (χ2v) is 3.87. The molecule has 0 spiro atoms. The fourth-order valence-corrected chi connectivity index (χ4v) is 1.71. The van der Waals surface area contributed by atoms with Gasteiger partial charge in [-0.2, -0.15) is 0 Å². The molecule has 0 unspecified atom stereocenters. The van der Waals surface area contributed by atoms with E-state index in [1.807, 2.05) is 25.1 Å². The van der Waals surface area contributed by atoms with E-state index in [2.05, 4.69) is 4.98 Å². The Morgan fingerprint density at radius 1 is 1.62 bits per heavy atom. The first-order valence-corrected chi connectivity index (χ1v) is 5.41. The van der Waals surface area contributed by atoms with Gasteiger partial charge in [-0.15, -0.1) is 0 Å². The Hall–Kier alpha value is -0.610. The minimum absolute atomic E-state index is 0.591. The van der Waals surface area contributed by atoms with Crippen molar-refractivity contribution in [2.24, 2.45) is 0 Å². The van der Waals surface area contributed by atoms with E-state index in [1.54, 1.807) is 6.20 Å². The summed E-state index contributed by atoms with van der Waals surface area (Å²) in [5, 5.41) is 0. The van der Waals surface area contributed by atoms with Crippen LogP contribution in [0.1, 0.15) is 12.6 Å². The lowest BCUT2D eigenvalue weighted by atomic mass is 10.4. The summed E-state index contributed by atoms with van der Waals surface area (Å²) >= 11 is 6.47. The maximum Gasteiger partial charge on any atom is 0.220 e. The molecule has 0 radical (unpaired) electrons. The van der Waals surface area contributed by atoms with Crippen molar-refractivity contribution in [2.75, 3.05) is 6.61 Å². The monoisotopic (exact) mass is 213 g/mol. The Bertz CT molecular complexity index is 264. The summed E-state index contributed by atoms with van der Waals surface area (Å²) in [7, 11) is 0. The third-order valence-electron chi connectivity index (χ3n) is 1.33. The molecule has 1 aromatic rings. The van der Waals surface area contributed by atoms with E-state index in [1.165, 1.54) is 11.8 Å². The predicted octanol–water partition coefficient (Wildman–Crippen LogP) is 2.64. The van der Waals surface area contributed by atoms with Crippen LogP contribution in [0.4, 0.5) is 0 Å². The summed E-state index contributed by atoms with van der Waals surface area (Å²) in [6, 6.07) is 5.84. The second-order valence-electron chi connectivity index (χ2n) is 2.29. The van der Waals surface area contributed by atoms with Crippen molar-refractivity contribution in [1.29, 1.82) is 0 Å². The molecule has 0 atom stereocenters. The summed E-state index contributed by atoms with van der Waals surface area (Å²) in [4.78, 5) is 4.17. The molecule has 0 saturated heterocycles. The van der Waals surface area contributed by atoms with Crippen LogP contribution in [0.3, 0.4) is 0 Å². The van der Waals surface area contributed by atoms with Crippen molar-refractivity contribution in [3.05, 3.63) is 30.1 Å². The first-order valence-electron chi connectivity index (χ1n) is 4.02. The normalized spacial score (nSPS) is 9.62. The van der Waals surface area contributed by atoms with Crippen molar-refractivity contribution >= 4 is 28.4 Å². The number of hydrogen-bond acceptors (Lipinski definition) is 4. The molecule has 1 rings (SSSR count). The molecular weight excluding hydrogens is 202 g/mol. The molecule has 0 aliphatic rings. The summed E-state index contributed by atoms with van der Waals surface area (Å²) in [6.45, 7) is 2.56. The van der Waals surface area contributed by atoms with Gasteiger partial charge in [0.1, 0.15) is 0 Å². The lowest BCUT2D eigenvalue weighted by Gasteiger charge is -2.02. The molecule has 0 aromatic carbocycles. The van der Waals surface area contributed by atoms with E-state index in [9.17, 15) is 0 Å². The zero-order valence-electron chi connectivity index (χ0n) is 7.40. The van der Waals surface area contributed by atoms with E-state index >= 15 is 0 Å². The van der Waals surface area contributed by atoms with Gasteiger partial charge in [0, 0.05) is 11.9 Å². The maximum atomic E-state index is 5.13. The SMILES string of the molecule is CCOC(=S)SCc1ccccn1. The first kappa shape index (κ1) is 10.5. The molecule has 0 saturated carbocycles. The fraction of sp³-hybridized carbons (Fsp3) is 0.333. The zero-order chi connectivity index (χ0) is 9.52. The van der Waals surface area contributed by atoms with Crippen LogP contribution < -0.4 is 0 Å². The van der Waals surface area contributed by atoms with Gasteiger partial charge in [-0.05, 0) is 31.3 Å². The van der Waals surface area contributed by atoms with Crippen molar-refractivity contribution < 1.29 is 4.74 Å². The first-order chi connectivity index (χ1) is 6.33. The highest BCUT2D eigenvalue weighted by molar-refractivity contribution is 8.22. The summed E-state index contributed by atoms with van der Waals surface area (Å²) in [6.07, 6.45) is 1.78. The van der Waals surface area contributed by atoms with Gasteiger partial charge < -0.3 is 4.74 Å². The molecule has 0 bridgehead atoms. The number of hydrogen-bond donors (Lipinski definition) is 0. The summed E-state index contributed by atoms with van der Waals surface area (Å²) in [5.74, 6) is 0.777. The van der Waals surface area contributed by atoms with Crippen LogP contribution in [-0.4, -0.2) is 16.0 Å². The molecule has 1 heterocycles. The topological polar surface area (TPSA) is 22.1 Å². The number of nitrogens with zero attached hydrogens (tertiary/aromatic N) is 1. The number of rotatable bonds is 3. The standard InChI is InChI=1S/C9H11NOS2/c1-2-11-9(12)13-7-8-5-3-4-6-10-8/h3-6H,2,7H2,1H3. The van der Waals surface area contributed by atoms with Gasteiger partial charge in [-0.1, -0.05) is 17.8 Å². The molecule has 13 heavy (non-hydrogen) atoms. The highest BCUT2D eigenvalue weighted by Gasteiger charge is 1.98. The van der Waals surface area contributed by atoms with Crippen LogP contribution in [0.25, 0.3) is 0 Å². The van der Waals surface area contributed by atoms with Gasteiger partial charge in [0.05, 0.1) is 12.3 Å². The predicted molar refractivity (Wildman–Crippen MR) is 59.8 cm³/mol. The Kier molecular flexibility index (Phi) is 4.78. The van der Waals surface area contributed by atoms with E-state index in [0.717, 1.165) is 11.4 Å². The highest BCUT2D eigenvalue weighted by Crippen LogP contribution is 2.12. The molecule has 70 valence electrons. The Morgan fingerprint density at radius 3 is 3.08 bits per heavy atom. The van der Waals surface area contributed by atoms with Crippen molar-refractivity contribution in [1.82, 2.24) is 4.98 Å². The number of pyridine rings is 1. The number of ether oxygens (including phenoxy) is 1. The molecule has 0 aliphatic carbocycles. The number of thiocarbonyl (C=S) groups is 1. The van der Waals surface area contributed by atoms with Crippen molar-refractivity contribution in [3.63, 3.8) is 0 Å². The quantitative estimate of drug-likeness (QED) is 0.720. The largest absolute Gasteiger partial charge is 0.479 e. The van der Waals surface area contributed by atoms with Crippen molar-refractivity contribution in [2.45, 2.75) is 12.7 Å². The average molecular weight is 213 g/mol. The number of thioether (sulfide) groups is 1. The lowest BCUT2D eigenvalue weighted by molar-refractivity contribution is 0.346. The van der Waals surface area contributed by atoms with E-state index in [-0.39, 0.29) is 0 Å². The third-order valence-corrected chi connectivity index (χ3v) is 2.59. The van der Waals surface area contributed by atoms with E-state index in [0.29, 0.717) is 11.0 Å². The molecule has 1 aromatic heterocycles. The van der Waals surface area contributed by atoms with Gasteiger partial charge in [0.25, 0.3) is 0 Å². The lowest BCUT2D eigenvalue weighted by Crippen LogP contribution is -1.96. The third kappa shape index (κ3) is 4.24. The molecule has 0 amide bonds. The minimum atomic E-state index is 0.591. The average Bonchev–Trinajstić information content (AvgIpc) is 2.17. The van der Waals surface area contributed by atoms with Gasteiger partial charge in [-0.3, -0.25) is 4.98 Å². The van der Waals surface area contributed by atoms with Crippen LogP contribution >= 0.6 is 24.0 Å². The van der Waals surface area contributed by atoms with Gasteiger partial charge in [0.2, 0.25) is 4.38 Å². The fourth-order valence-electron chi connectivity index (χ4n) is 0.776. The molecule has 0 N–H and O–H groups in total. The molecule has 2 nitrogen and oxygen atoms in total. The second kappa shape index (κ2) is 5.94. The van der Waals surface area contributed by atoms with Crippen LogP contribution in [0.2, 0.25) is 0 Å². The van der Waals surface area contributed by atoms with Crippen LogP contribution in [0.15, 0.2) is 24.4 Å². The van der Waals surface area contributed by atoms with Gasteiger partial charge in [0.15, 0.2) is 0 Å². The Balaban J connectivity index is 2.31. The van der Waals surface area contributed by atoms with Crippen molar-refractivity contribution in [3.8, 4) is 0 Å². The highest BCUT2D eigenvalue weighted by atomic mass is 32.2. The number of aromatic nitrogens is 1. The Labute approximate surface area is 87.7 Å².